The van der Waals surface area contributed by atoms with Crippen LogP contribution in [0.4, 0.5) is 5.69 Å². The SMILES string of the molecule is CCC(CC)c1ccc(NN=C(C#N)C#N)cc1. The highest BCUT2D eigenvalue weighted by Gasteiger charge is 2.05. The zero-order valence-electron chi connectivity index (χ0n) is 10.6. The third-order valence-electron chi connectivity index (χ3n) is 2.88. The molecule has 4 nitrogen and oxygen atoms in total. The minimum atomic E-state index is -0.181. The molecule has 0 atom stereocenters. The summed E-state index contributed by atoms with van der Waals surface area (Å²) in [6, 6.07) is 11.3. The van der Waals surface area contributed by atoms with Crippen LogP contribution in [0.15, 0.2) is 29.4 Å². The molecule has 0 bridgehead atoms. The van der Waals surface area contributed by atoms with Crippen molar-refractivity contribution in [2.24, 2.45) is 5.10 Å². The van der Waals surface area contributed by atoms with Crippen molar-refractivity contribution in [2.45, 2.75) is 32.6 Å². The predicted molar refractivity (Wildman–Crippen MR) is 72.0 cm³/mol. The number of nitrogens with zero attached hydrogens (tertiary/aromatic N) is 3. The second-order valence-corrected chi connectivity index (χ2v) is 3.93. The Morgan fingerprint density at radius 3 is 2.17 bits per heavy atom. The van der Waals surface area contributed by atoms with Crippen molar-refractivity contribution in [1.82, 2.24) is 0 Å². The molecule has 1 aromatic rings. The smallest absolute Gasteiger partial charge is 0.237 e. The van der Waals surface area contributed by atoms with Crippen LogP contribution in [0, 0.1) is 22.7 Å². The van der Waals surface area contributed by atoms with Gasteiger partial charge in [-0.05, 0) is 36.5 Å². The van der Waals surface area contributed by atoms with E-state index in [1.165, 1.54) is 5.56 Å². The Balaban J connectivity index is 2.76. The van der Waals surface area contributed by atoms with Gasteiger partial charge in [-0.1, -0.05) is 26.0 Å². The van der Waals surface area contributed by atoms with E-state index in [4.69, 9.17) is 10.5 Å². The van der Waals surface area contributed by atoms with Gasteiger partial charge in [-0.2, -0.15) is 15.6 Å². The molecule has 0 saturated heterocycles. The van der Waals surface area contributed by atoms with Crippen molar-refractivity contribution in [3.8, 4) is 12.1 Å². The summed E-state index contributed by atoms with van der Waals surface area (Å²) in [5, 5.41) is 20.8. The molecule has 0 radical (unpaired) electrons. The summed E-state index contributed by atoms with van der Waals surface area (Å²) in [4.78, 5) is 0. The quantitative estimate of drug-likeness (QED) is 0.633. The first-order valence-corrected chi connectivity index (χ1v) is 5.99. The third-order valence-corrected chi connectivity index (χ3v) is 2.88. The number of nitrogens with one attached hydrogen (secondary N) is 1. The van der Waals surface area contributed by atoms with Gasteiger partial charge in [0.1, 0.15) is 12.1 Å². The largest absolute Gasteiger partial charge is 0.277 e. The van der Waals surface area contributed by atoms with Crippen LogP contribution in [-0.4, -0.2) is 5.71 Å². The fourth-order valence-electron chi connectivity index (χ4n) is 1.79. The number of nitriles is 2. The van der Waals surface area contributed by atoms with E-state index in [1.54, 1.807) is 12.1 Å². The number of hydrazone groups is 1. The Bertz CT molecular complexity index is 468. The average molecular weight is 240 g/mol. The lowest BCUT2D eigenvalue weighted by Gasteiger charge is -2.12. The van der Waals surface area contributed by atoms with Crippen molar-refractivity contribution in [2.75, 3.05) is 5.43 Å². The molecule has 0 saturated carbocycles. The van der Waals surface area contributed by atoms with Crippen LogP contribution in [-0.2, 0) is 0 Å². The minimum Gasteiger partial charge on any atom is -0.277 e. The number of benzene rings is 1. The van der Waals surface area contributed by atoms with Crippen LogP contribution in [0.1, 0.15) is 38.2 Å². The third kappa shape index (κ3) is 3.61. The van der Waals surface area contributed by atoms with Crippen molar-refractivity contribution < 1.29 is 0 Å². The van der Waals surface area contributed by atoms with Gasteiger partial charge in [0, 0.05) is 0 Å². The fraction of sp³-hybridized carbons (Fsp3) is 0.357. The molecule has 0 amide bonds. The molecule has 18 heavy (non-hydrogen) atoms. The molecule has 92 valence electrons. The maximum Gasteiger partial charge on any atom is 0.237 e. The molecule has 0 spiro atoms. The first-order valence-electron chi connectivity index (χ1n) is 5.99. The second-order valence-electron chi connectivity index (χ2n) is 3.93. The van der Waals surface area contributed by atoms with Gasteiger partial charge in [0.05, 0.1) is 5.69 Å². The van der Waals surface area contributed by atoms with Gasteiger partial charge < -0.3 is 0 Å². The Kier molecular flexibility index (Phi) is 5.41. The molecule has 0 aliphatic rings. The molecule has 0 heterocycles. The monoisotopic (exact) mass is 240 g/mol. The van der Waals surface area contributed by atoms with Crippen LogP contribution < -0.4 is 5.43 Å². The highest BCUT2D eigenvalue weighted by atomic mass is 15.3. The zero-order valence-corrected chi connectivity index (χ0v) is 10.6. The lowest BCUT2D eigenvalue weighted by atomic mass is 9.94. The van der Waals surface area contributed by atoms with Crippen molar-refractivity contribution >= 4 is 11.4 Å². The maximum atomic E-state index is 8.54. The molecule has 0 fully saturated rings. The second kappa shape index (κ2) is 7.09. The molecule has 0 aliphatic heterocycles. The van der Waals surface area contributed by atoms with E-state index < -0.39 is 0 Å². The standard InChI is InChI=1S/C14H16N4/c1-3-11(4-2)12-5-7-13(8-6-12)17-18-14(9-15)10-16/h5-8,11,17H,3-4H2,1-2H3. The van der Waals surface area contributed by atoms with Crippen LogP contribution in [0.5, 0.6) is 0 Å². The molecule has 4 heteroatoms. The van der Waals surface area contributed by atoms with Crippen molar-refractivity contribution in [3.05, 3.63) is 29.8 Å². The molecule has 0 aromatic heterocycles. The number of anilines is 1. The number of hydrogen-bond acceptors (Lipinski definition) is 4. The van der Waals surface area contributed by atoms with Gasteiger partial charge in [0.2, 0.25) is 5.71 Å². The summed E-state index contributed by atoms with van der Waals surface area (Å²) < 4.78 is 0. The van der Waals surface area contributed by atoms with Crippen LogP contribution in [0.2, 0.25) is 0 Å². The lowest BCUT2D eigenvalue weighted by molar-refractivity contribution is 0.642. The summed E-state index contributed by atoms with van der Waals surface area (Å²) in [6.07, 6.45) is 2.24. The topological polar surface area (TPSA) is 72.0 Å². The summed E-state index contributed by atoms with van der Waals surface area (Å²) in [6.45, 7) is 4.35. The predicted octanol–water partition coefficient (Wildman–Crippen LogP) is 3.41. The van der Waals surface area contributed by atoms with Crippen LogP contribution in [0.25, 0.3) is 0 Å². The summed E-state index contributed by atoms with van der Waals surface area (Å²) in [5.74, 6) is 0.580. The van der Waals surface area contributed by atoms with E-state index >= 15 is 0 Å². The van der Waals surface area contributed by atoms with E-state index in [2.05, 4.69) is 24.4 Å². The van der Waals surface area contributed by atoms with E-state index in [1.807, 2.05) is 24.3 Å². The first-order chi connectivity index (χ1) is 8.74. The summed E-state index contributed by atoms with van der Waals surface area (Å²) in [5.41, 5.74) is 4.58. The molecule has 0 aliphatic carbocycles. The highest BCUT2D eigenvalue weighted by molar-refractivity contribution is 6.10. The van der Waals surface area contributed by atoms with Crippen LogP contribution >= 0.6 is 0 Å². The highest BCUT2D eigenvalue weighted by Crippen LogP contribution is 2.24. The van der Waals surface area contributed by atoms with Gasteiger partial charge in [-0.15, -0.1) is 0 Å². The molecule has 1 aromatic carbocycles. The van der Waals surface area contributed by atoms with Gasteiger partial charge in [0.15, 0.2) is 0 Å². The molecule has 1 rings (SSSR count). The van der Waals surface area contributed by atoms with Gasteiger partial charge in [0.25, 0.3) is 0 Å². The fourth-order valence-corrected chi connectivity index (χ4v) is 1.79. The van der Waals surface area contributed by atoms with E-state index in [0.717, 1.165) is 18.5 Å². The number of rotatable bonds is 5. The summed E-state index contributed by atoms with van der Waals surface area (Å²) >= 11 is 0. The normalized spacial score (nSPS) is 9.39. The zero-order chi connectivity index (χ0) is 13.4. The maximum absolute atomic E-state index is 8.54. The Morgan fingerprint density at radius 2 is 1.72 bits per heavy atom. The summed E-state index contributed by atoms with van der Waals surface area (Å²) in [7, 11) is 0. The molecular weight excluding hydrogens is 224 g/mol. The van der Waals surface area contributed by atoms with Crippen molar-refractivity contribution in [3.63, 3.8) is 0 Å². The molecular formula is C14H16N4. The van der Waals surface area contributed by atoms with Crippen LogP contribution in [0.3, 0.4) is 0 Å². The van der Waals surface area contributed by atoms with E-state index in [9.17, 15) is 0 Å². The van der Waals surface area contributed by atoms with Crippen molar-refractivity contribution in [1.29, 1.82) is 10.5 Å². The average Bonchev–Trinajstić information content (AvgIpc) is 2.43. The Morgan fingerprint density at radius 1 is 1.17 bits per heavy atom. The van der Waals surface area contributed by atoms with Gasteiger partial charge in [-0.3, -0.25) is 5.43 Å². The lowest BCUT2D eigenvalue weighted by Crippen LogP contribution is -1.98. The van der Waals surface area contributed by atoms with Gasteiger partial charge in [-0.25, -0.2) is 0 Å². The van der Waals surface area contributed by atoms with E-state index in [-0.39, 0.29) is 5.71 Å². The Labute approximate surface area is 108 Å². The molecule has 0 unspecified atom stereocenters. The minimum absolute atomic E-state index is 0.181. The first kappa shape index (κ1) is 13.7. The van der Waals surface area contributed by atoms with E-state index in [0.29, 0.717) is 5.92 Å². The van der Waals surface area contributed by atoms with Gasteiger partial charge >= 0.3 is 0 Å². The molecule has 1 N–H and O–H groups in total. The Hall–Kier alpha value is -2.33. The number of hydrogen-bond donors (Lipinski definition) is 1.